The van der Waals surface area contributed by atoms with Crippen LogP contribution in [0.15, 0.2) is 30.3 Å². The standard InChI is InChI=1S/C21H23N3O2/c25-19(24-12-4-10-21(24)9-3-11-22-20(21)26)16-13-18(14-7-8-14)23-17-6-2-1-5-15(16)17/h1-2,5-6,13-14H,3-4,7-12H2,(H,22,26). The molecule has 26 heavy (non-hydrogen) atoms. The summed E-state index contributed by atoms with van der Waals surface area (Å²) in [5.41, 5.74) is 1.95. The van der Waals surface area contributed by atoms with Crippen molar-refractivity contribution in [1.29, 1.82) is 0 Å². The van der Waals surface area contributed by atoms with E-state index >= 15 is 0 Å². The van der Waals surface area contributed by atoms with E-state index in [-0.39, 0.29) is 11.8 Å². The molecule has 1 saturated carbocycles. The number of nitrogens with zero attached hydrogens (tertiary/aromatic N) is 2. The number of pyridine rings is 1. The van der Waals surface area contributed by atoms with Gasteiger partial charge in [-0.3, -0.25) is 14.6 Å². The number of piperidine rings is 1. The zero-order valence-corrected chi connectivity index (χ0v) is 14.8. The monoisotopic (exact) mass is 349 g/mol. The number of likely N-dealkylation sites (tertiary alicyclic amines) is 1. The van der Waals surface area contributed by atoms with Crippen LogP contribution in [0, 0.1) is 0 Å². The van der Waals surface area contributed by atoms with Gasteiger partial charge in [0, 0.05) is 30.1 Å². The summed E-state index contributed by atoms with van der Waals surface area (Å²) in [6, 6.07) is 9.84. The largest absolute Gasteiger partial charge is 0.354 e. The molecule has 1 spiro atoms. The van der Waals surface area contributed by atoms with Crippen molar-refractivity contribution >= 4 is 22.7 Å². The van der Waals surface area contributed by atoms with Crippen molar-refractivity contribution in [3.8, 4) is 0 Å². The lowest BCUT2D eigenvalue weighted by Gasteiger charge is -2.40. The molecule has 1 unspecified atom stereocenters. The molecule has 0 bridgehead atoms. The predicted molar refractivity (Wildman–Crippen MR) is 99.0 cm³/mol. The fourth-order valence-corrected chi connectivity index (χ4v) is 4.64. The molecule has 2 saturated heterocycles. The number of carbonyl (C=O) groups excluding carboxylic acids is 2. The maximum Gasteiger partial charge on any atom is 0.255 e. The molecular weight excluding hydrogens is 326 g/mol. The lowest BCUT2D eigenvalue weighted by atomic mass is 9.86. The summed E-state index contributed by atoms with van der Waals surface area (Å²) in [5, 5.41) is 3.87. The van der Waals surface area contributed by atoms with Gasteiger partial charge < -0.3 is 10.2 Å². The normalized spacial score (nSPS) is 25.7. The zero-order valence-electron chi connectivity index (χ0n) is 14.8. The van der Waals surface area contributed by atoms with E-state index in [9.17, 15) is 9.59 Å². The first-order valence-electron chi connectivity index (χ1n) is 9.69. The Morgan fingerprint density at radius 1 is 1.19 bits per heavy atom. The summed E-state index contributed by atoms with van der Waals surface area (Å²) in [6.07, 6.45) is 5.65. The van der Waals surface area contributed by atoms with Crippen LogP contribution < -0.4 is 5.32 Å². The molecule has 134 valence electrons. The highest BCUT2D eigenvalue weighted by molar-refractivity contribution is 6.08. The Morgan fingerprint density at radius 3 is 2.81 bits per heavy atom. The number of nitrogens with one attached hydrogen (secondary N) is 1. The van der Waals surface area contributed by atoms with Crippen LogP contribution in [-0.4, -0.2) is 40.3 Å². The Labute approximate surface area is 152 Å². The van der Waals surface area contributed by atoms with Crippen molar-refractivity contribution in [1.82, 2.24) is 15.2 Å². The molecule has 1 atom stereocenters. The van der Waals surface area contributed by atoms with Crippen LogP contribution in [0.1, 0.15) is 60.5 Å². The minimum Gasteiger partial charge on any atom is -0.354 e. The highest BCUT2D eigenvalue weighted by Gasteiger charge is 2.50. The van der Waals surface area contributed by atoms with Gasteiger partial charge in [-0.05, 0) is 50.7 Å². The van der Waals surface area contributed by atoms with Gasteiger partial charge in [-0.15, -0.1) is 0 Å². The van der Waals surface area contributed by atoms with Crippen LogP contribution in [-0.2, 0) is 4.79 Å². The molecule has 1 aromatic heterocycles. The number of hydrogen-bond donors (Lipinski definition) is 1. The second-order valence-corrected chi connectivity index (χ2v) is 7.84. The summed E-state index contributed by atoms with van der Waals surface area (Å²) < 4.78 is 0. The molecule has 5 rings (SSSR count). The van der Waals surface area contributed by atoms with Crippen LogP contribution >= 0.6 is 0 Å². The van der Waals surface area contributed by atoms with Gasteiger partial charge in [0.25, 0.3) is 5.91 Å². The quantitative estimate of drug-likeness (QED) is 0.907. The smallest absolute Gasteiger partial charge is 0.255 e. The minimum absolute atomic E-state index is 0.0138. The van der Waals surface area contributed by atoms with Gasteiger partial charge in [0.1, 0.15) is 5.54 Å². The first-order valence-corrected chi connectivity index (χ1v) is 9.69. The number of aromatic nitrogens is 1. The Hall–Kier alpha value is -2.43. The third kappa shape index (κ3) is 2.33. The zero-order chi connectivity index (χ0) is 17.7. The fourth-order valence-electron chi connectivity index (χ4n) is 4.64. The molecule has 3 heterocycles. The molecule has 5 nitrogen and oxygen atoms in total. The van der Waals surface area contributed by atoms with Crippen LogP contribution in [0.3, 0.4) is 0 Å². The lowest BCUT2D eigenvalue weighted by molar-refractivity contribution is -0.133. The summed E-state index contributed by atoms with van der Waals surface area (Å²) in [4.78, 5) is 32.9. The number of hydrogen-bond acceptors (Lipinski definition) is 3. The van der Waals surface area contributed by atoms with Crippen LogP contribution in [0.2, 0.25) is 0 Å². The highest BCUT2D eigenvalue weighted by Crippen LogP contribution is 2.41. The predicted octanol–water partition coefficient (Wildman–Crippen LogP) is 3.00. The number of para-hydroxylation sites is 1. The maximum absolute atomic E-state index is 13.6. The Bertz CT molecular complexity index is 905. The summed E-state index contributed by atoms with van der Waals surface area (Å²) >= 11 is 0. The molecular formula is C21H23N3O2. The SMILES string of the molecule is O=C(c1cc(C2CC2)nc2ccccc12)N1CCCC12CCCNC2=O. The molecule has 2 aliphatic heterocycles. The average Bonchev–Trinajstić information content (AvgIpc) is 3.44. The van der Waals surface area contributed by atoms with Gasteiger partial charge in [0.2, 0.25) is 5.91 Å². The summed E-state index contributed by atoms with van der Waals surface area (Å²) in [6.45, 7) is 1.37. The second kappa shape index (κ2) is 5.79. The topological polar surface area (TPSA) is 62.3 Å². The van der Waals surface area contributed by atoms with Gasteiger partial charge in [-0.1, -0.05) is 18.2 Å². The molecule has 1 aliphatic carbocycles. The van der Waals surface area contributed by atoms with E-state index in [0.29, 0.717) is 24.6 Å². The average molecular weight is 349 g/mol. The summed E-state index contributed by atoms with van der Waals surface area (Å²) in [7, 11) is 0. The van der Waals surface area contributed by atoms with E-state index in [1.54, 1.807) is 0 Å². The van der Waals surface area contributed by atoms with Gasteiger partial charge in [0.15, 0.2) is 0 Å². The van der Waals surface area contributed by atoms with Gasteiger partial charge in [-0.2, -0.15) is 0 Å². The summed E-state index contributed by atoms with van der Waals surface area (Å²) in [5.74, 6) is 0.493. The van der Waals surface area contributed by atoms with Crippen LogP contribution in [0.25, 0.3) is 10.9 Å². The molecule has 2 amide bonds. The van der Waals surface area contributed by atoms with Crippen molar-refractivity contribution in [2.45, 2.75) is 50.0 Å². The van der Waals surface area contributed by atoms with Gasteiger partial charge in [0.05, 0.1) is 11.1 Å². The van der Waals surface area contributed by atoms with E-state index in [2.05, 4.69) is 5.32 Å². The lowest BCUT2D eigenvalue weighted by Crippen LogP contribution is -2.60. The molecule has 0 radical (unpaired) electrons. The first kappa shape index (κ1) is 15.8. The van der Waals surface area contributed by atoms with Gasteiger partial charge in [-0.25, -0.2) is 0 Å². The van der Waals surface area contributed by atoms with Crippen molar-refractivity contribution in [2.75, 3.05) is 13.1 Å². The van der Waals surface area contributed by atoms with E-state index < -0.39 is 5.54 Å². The second-order valence-electron chi connectivity index (χ2n) is 7.84. The molecule has 2 aromatic rings. The highest BCUT2D eigenvalue weighted by atomic mass is 16.2. The Balaban J connectivity index is 1.61. The number of carbonyl (C=O) groups is 2. The minimum atomic E-state index is -0.653. The van der Waals surface area contributed by atoms with E-state index in [1.807, 2.05) is 35.2 Å². The molecule has 5 heteroatoms. The number of benzene rings is 1. The third-order valence-corrected chi connectivity index (χ3v) is 6.17. The van der Waals surface area contributed by atoms with Crippen LogP contribution in [0.5, 0.6) is 0 Å². The maximum atomic E-state index is 13.6. The Morgan fingerprint density at radius 2 is 2.00 bits per heavy atom. The molecule has 3 fully saturated rings. The van der Waals surface area contributed by atoms with Crippen LogP contribution in [0.4, 0.5) is 0 Å². The van der Waals surface area contributed by atoms with E-state index in [4.69, 9.17) is 4.98 Å². The third-order valence-electron chi connectivity index (χ3n) is 6.17. The number of rotatable bonds is 2. The Kier molecular flexibility index (Phi) is 3.52. The molecule has 1 aromatic carbocycles. The van der Waals surface area contributed by atoms with Gasteiger partial charge >= 0.3 is 0 Å². The van der Waals surface area contributed by atoms with Crippen molar-refractivity contribution in [2.24, 2.45) is 0 Å². The van der Waals surface area contributed by atoms with Crippen molar-refractivity contribution < 1.29 is 9.59 Å². The fraction of sp³-hybridized carbons (Fsp3) is 0.476. The first-order chi connectivity index (χ1) is 12.7. The van der Waals surface area contributed by atoms with Crippen molar-refractivity contribution in [3.63, 3.8) is 0 Å². The van der Waals surface area contributed by atoms with E-state index in [1.165, 1.54) is 0 Å². The van der Waals surface area contributed by atoms with Crippen molar-refractivity contribution in [3.05, 3.63) is 41.6 Å². The number of amides is 2. The number of fused-ring (bicyclic) bond motifs is 1. The van der Waals surface area contributed by atoms with E-state index in [0.717, 1.165) is 55.1 Å². The molecule has 1 N–H and O–H groups in total. The molecule has 3 aliphatic rings.